The monoisotopic (exact) mass is 469 g/mol. The number of Topliss-reactive ketones (excluding diaryl/α,β-unsaturated/α-hetero) is 1. The first-order valence-corrected chi connectivity index (χ1v) is 12.3. The lowest BCUT2D eigenvalue weighted by Gasteiger charge is -2.38. The Morgan fingerprint density at radius 2 is 1.66 bits per heavy atom. The second-order valence-corrected chi connectivity index (χ2v) is 9.20. The van der Waals surface area contributed by atoms with Crippen LogP contribution < -0.4 is 10.4 Å². The summed E-state index contributed by atoms with van der Waals surface area (Å²) >= 11 is 0. The van der Waals surface area contributed by atoms with Crippen LogP contribution in [0.5, 0.6) is 5.75 Å². The lowest BCUT2D eigenvalue weighted by Crippen LogP contribution is -2.39. The molecule has 180 valence electrons. The number of benzene rings is 3. The number of rotatable bonds is 8. The van der Waals surface area contributed by atoms with Crippen molar-refractivity contribution in [3.05, 3.63) is 100 Å². The smallest absolute Gasteiger partial charge is 0.326 e. The number of carbonyl (C=O) groups is 1. The Bertz CT molecular complexity index is 1330. The van der Waals surface area contributed by atoms with E-state index >= 15 is 0 Å². The minimum atomic E-state index is -0.0372. The Morgan fingerprint density at radius 3 is 2.37 bits per heavy atom. The number of aromatic nitrogens is 2. The predicted octanol–water partition coefficient (Wildman–Crippen LogP) is 5.38. The lowest BCUT2D eigenvalue weighted by atomic mass is 9.94. The molecule has 1 aliphatic rings. The molecule has 0 amide bonds. The molecule has 35 heavy (non-hydrogen) atoms. The molecule has 1 saturated heterocycles. The maximum Gasteiger partial charge on any atom is 0.326 e. The maximum atomic E-state index is 12.9. The van der Waals surface area contributed by atoms with Gasteiger partial charge >= 0.3 is 5.69 Å². The normalized spacial score (nSPS) is 15.8. The SMILES string of the molecule is COc1ccc(C(CCC(=O)c2ccccc2)N2CCC(n3c(=O)[nH]c4ccccc43)CC2)cc1. The van der Waals surface area contributed by atoms with Crippen molar-refractivity contribution in [2.45, 2.75) is 37.8 Å². The van der Waals surface area contributed by atoms with E-state index in [1.54, 1.807) is 7.11 Å². The minimum Gasteiger partial charge on any atom is -0.497 e. The number of hydrogen-bond donors (Lipinski definition) is 1. The number of H-pyrrole nitrogens is 1. The van der Waals surface area contributed by atoms with Gasteiger partial charge in [0.25, 0.3) is 0 Å². The van der Waals surface area contributed by atoms with Gasteiger partial charge in [0.2, 0.25) is 0 Å². The van der Waals surface area contributed by atoms with Crippen LogP contribution in [0.1, 0.15) is 53.7 Å². The molecule has 1 aromatic heterocycles. The highest BCUT2D eigenvalue weighted by molar-refractivity contribution is 5.96. The number of likely N-dealkylation sites (tertiary alicyclic amines) is 1. The predicted molar refractivity (Wildman–Crippen MR) is 138 cm³/mol. The van der Waals surface area contributed by atoms with E-state index in [1.165, 1.54) is 5.56 Å². The van der Waals surface area contributed by atoms with E-state index in [0.717, 1.165) is 54.7 Å². The first-order chi connectivity index (χ1) is 17.1. The molecule has 4 aromatic rings. The summed E-state index contributed by atoms with van der Waals surface area (Å²) in [4.78, 5) is 31.0. The van der Waals surface area contributed by atoms with Crippen molar-refractivity contribution in [1.82, 2.24) is 14.5 Å². The summed E-state index contributed by atoms with van der Waals surface area (Å²) < 4.78 is 7.27. The van der Waals surface area contributed by atoms with Crippen molar-refractivity contribution >= 4 is 16.8 Å². The number of nitrogens with zero attached hydrogens (tertiary/aromatic N) is 2. The number of aromatic amines is 1. The number of fused-ring (bicyclic) bond motifs is 1. The van der Waals surface area contributed by atoms with E-state index in [4.69, 9.17) is 4.74 Å². The van der Waals surface area contributed by atoms with E-state index in [1.807, 2.05) is 71.3 Å². The molecule has 6 nitrogen and oxygen atoms in total. The van der Waals surface area contributed by atoms with Crippen LogP contribution >= 0.6 is 0 Å². The Balaban J connectivity index is 1.33. The van der Waals surface area contributed by atoms with E-state index in [2.05, 4.69) is 22.0 Å². The number of ether oxygens (including phenoxy) is 1. The molecule has 0 saturated carbocycles. The first-order valence-electron chi connectivity index (χ1n) is 12.3. The van der Waals surface area contributed by atoms with E-state index in [-0.39, 0.29) is 23.6 Å². The molecule has 1 unspecified atom stereocenters. The topological polar surface area (TPSA) is 67.3 Å². The average molecular weight is 470 g/mol. The zero-order chi connectivity index (χ0) is 24.2. The van der Waals surface area contributed by atoms with Crippen LogP contribution in [-0.4, -0.2) is 40.4 Å². The fourth-order valence-electron chi connectivity index (χ4n) is 5.31. The van der Waals surface area contributed by atoms with Crippen LogP contribution in [0.3, 0.4) is 0 Å². The van der Waals surface area contributed by atoms with Gasteiger partial charge in [-0.3, -0.25) is 14.3 Å². The molecule has 0 radical (unpaired) electrons. The minimum absolute atomic E-state index is 0.0372. The molecular weight excluding hydrogens is 438 g/mol. The van der Waals surface area contributed by atoms with E-state index in [0.29, 0.717) is 6.42 Å². The summed E-state index contributed by atoms with van der Waals surface area (Å²) in [5, 5.41) is 0. The summed E-state index contributed by atoms with van der Waals surface area (Å²) in [5.41, 5.74) is 3.77. The highest BCUT2D eigenvalue weighted by atomic mass is 16.5. The molecule has 0 aliphatic carbocycles. The standard InChI is InChI=1S/C29H31N3O3/c1-35-24-13-11-21(12-14-24)26(15-16-28(33)22-7-3-2-4-8-22)31-19-17-23(18-20-31)32-27-10-6-5-9-25(27)30-29(32)34/h2-14,23,26H,15-20H2,1H3,(H,30,34). The van der Waals surface area contributed by atoms with Crippen molar-refractivity contribution < 1.29 is 9.53 Å². The number of methoxy groups -OCH3 is 1. The van der Waals surface area contributed by atoms with Gasteiger partial charge in [-0.25, -0.2) is 4.79 Å². The molecule has 1 N–H and O–H groups in total. The number of piperidine rings is 1. The van der Waals surface area contributed by atoms with Gasteiger partial charge in [0.1, 0.15) is 5.75 Å². The van der Waals surface area contributed by atoms with Crippen LogP contribution in [-0.2, 0) is 0 Å². The maximum absolute atomic E-state index is 12.9. The molecule has 6 heteroatoms. The van der Waals surface area contributed by atoms with Crippen molar-refractivity contribution in [3.63, 3.8) is 0 Å². The van der Waals surface area contributed by atoms with E-state index < -0.39 is 0 Å². The molecule has 2 heterocycles. The van der Waals surface area contributed by atoms with E-state index in [9.17, 15) is 9.59 Å². The molecule has 5 rings (SSSR count). The molecule has 3 aromatic carbocycles. The molecule has 1 atom stereocenters. The van der Waals surface area contributed by atoms with Crippen molar-refractivity contribution in [2.75, 3.05) is 20.2 Å². The molecule has 0 spiro atoms. The number of para-hydroxylation sites is 2. The van der Waals surface area contributed by atoms with Gasteiger partial charge in [-0.2, -0.15) is 0 Å². The highest BCUT2D eigenvalue weighted by Crippen LogP contribution is 2.33. The molecule has 0 bridgehead atoms. The third-order valence-electron chi connectivity index (χ3n) is 7.17. The van der Waals surface area contributed by atoms with Crippen LogP contribution in [0, 0.1) is 0 Å². The van der Waals surface area contributed by atoms with Gasteiger partial charge < -0.3 is 9.72 Å². The van der Waals surface area contributed by atoms with Gasteiger partial charge in [-0.05, 0) is 49.1 Å². The van der Waals surface area contributed by atoms with Crippen LogP contribution in [0.4, 0.5) is 0 Å². The van der Waals surface area contributed by atoms with Gasteiger partial charge in [-0.15, -0.1) is 0 Å². The summed E-state index contributed by atoms with van der Waals surface area (Å²) in [6.45, 7) is 1.74. The fraction of sp³-hybridized carbons (Fsp3) is 0.310. The molecule has 1 fully saturated rings. The summed E-state index contributed by atoms with van der Waals surface area (Å²) in [6, 6.07) is 25.9. The third-order valence-corrected chi connectivity index (χ3v) is 7.17. The summed E-state index contributed by atoms with van der Waals surface area (Å²) in [6.07, 6.45) is 3.02. The second-order valence-electron chi connectivity index (χ2n) is 9.20. The summed E-state index contributed by atoms with van der Waals surface area (Å²) in [7, 11) is 1.67. The largest absolute Gasteiger partial charge is 0.497 e. The molecular formula is C29H31N3O3. The van der Waals surface area contributed by atoms with Gasteiger partial charge in [0.05, 0.1) is 18.1 Å². The zero-order valence-corrected chi connectivity index (χ0v) is 20.0. The average Bonchev–Trinajstić information content (AvgIpc) is 3.25. The molecule has 1 aliphatic heterocycles. The third kappa shape index (κ3) is 4.93. The van der Waals surface area contributed by atoms with Crippen LogP contribution in [0.15, 0.2) is 83.7 Å². The number of imidazole rings is 1. The number of carbonyl (C=O) groups excluding carboxylic acids is 1. The van der Waals surface area contributed by atoms with Gasteiger partial charge in [-0.1, -0.05) is 54.6 Å². The second kappa shape index (κ2) is 10.3. The Labute approximate surface area is 205 Å². The van der Waals surface area contributed by atoms with Gasteiger partial charge in [0, 0.05) is 37.2 Å². The zero-order valence-electron chi connectivity index (χ0n) is 20.0. The van der Waals surface area contributed by atoms with Crippen LogP contribution in [0.25, 0.3) is 11.0 Å². The van der Waals surface area contributed by atoms with Crippen molar-refractivity contribution in [3.8, 4) is 5.75 Å². The number of hydrogen-bond acceptors (Lipinski definition) is 4. The summed E-state index contributed by atoms with van der Waals surface area (Å²) in [5.74, 6) is 0.995. The first kappa shape index (κ1) is 23.1. The van der Waals surface area contributed by atoms with Crippen molar-refractivity contribution in [2.24, 2.45) is 0 Å². The Morgan fingerprint density at radius 1 is 0.971 bits per heavy atom. The Hall–Kier alpha value is -3.64. The lowest BCUT2D eigenvalue weighted by molar-refractivity contribution is 0.0933. The van der Waals surface area contributed by atoms with Crippen LogP contribution in [0.2, 0.25) is 0 Å². The quantitative estimate of drug-likeness (QED) is 0.352. The van der Waals surface area contributed by atoms with Crippen molar-refractivity contribution in [1.29, 1.82) is 0 Å². The number of nitrogens with one attached hydrogen (secondary N) is 1. The fourth-order valence-corrected chi connectivity index (χ4v) is 5.31. The Kier molecular flexibility index (Phi) is 6.82. The number of ketones is 1. The van der Waals surface area contributed by atoms with Gasteiger partial charge in [0.15, 0.2) is 5.78 Å². The highest BCUT2D eigenvalue weighted by Gasteiger charge is 2.29.